The number of hydrogen-bond acceptors (Lipinski definition) is 5. The number of aliphatic hydroxyl groups is 1. The molecule has 3 rings (SSSR count). The number of nitrogens with zero attached hydrogens (tertiary/aromatic N) is 3. The Hall–Kier alpha value is -2.44. The summed E-state index contributed by atoms with van der Waals surface area (Å²) in [6.45, 7) is 2.21. The van der Waals surface area contributed by atoms with Gasteiger partial charge in [0.15, 0.2) is 0 Å². The number of carbonyl (C=O) groups is 1. The van der Waals surface area contributed by atoms with Crippen molar-refractivity contribution in [3.05, 3.63) is 59.9 Å². The second-order valence-corrected chi connectivity index (χ2v) is 6.88. The third-order valence-electron chi connectivity index (χ3n) is 5.01. The second-order valence-electron chi connectivity index (χ2n) is 6.88. The molecule has 0 spiro atoms. The van der Waals surface area contributed by atoms with Crippen LogP contribution in [-0.2, 0) is 11.2 Å². The van der Waals surface area contributed by atoms with Gasteiger partial charge in [0.25, 0.3) is 0 Å². The van der Waals surface area contributed by atoms with Crippen LogP contribution in [0.5, 0.6) is 0 Å². The van der Waals surface area contributed by atoms with Gasteiger partial charge in [0, 0.05) is 32.9 Å². The van der Waals surface area contributed by atoms with E-state index in [-0.39, 0.29) is 24.5 Å². The topological polar surface area (TPSA) is 82.7 Å². The average molecular weight is 354 g/mol. The zero-order valence-electron chi connectivity index (χ0n) is 15.1. The maximum Gasteiger partial charge on any atom is 0.227 e. The van der Waals surface area contributed by atoms with Gasteiger partial charge in [-0.15, -0.1) is 0 Å². The quantitative estimate of drug-likeness (QED) is 0.821. The molecule has 1 aliphatic rings. The average Bonchev–Trinajstić information content (AvgIpc) is 3.06. The minimum atomic E-state index is -0.274. The molecule has 6 nitrogen and oxygen atoms in total. The first-order valence-corrected chi connectivity index (χ1v) is 8.94. The lowest BCUT2D eigenvalue weighted by Crippen LogP contribution is -2.39. The number of nitrogen functional groups attached to an aromatic ring is 1. The first kappa shape index (κ1) is 18.4. The number of aromatic nitrogens is 1. The van der Waals surface area contributed by atoms with Gasteiger partial charge in [-0.25, -0.2) is 0 Å². The van der Waals surface area contributed by atoms with Crippen LogP contribution in [0.1, 0.15) is 23.6 Å². The number of anilines is 1. The third-order valence-corrected chi connectivity index (χ3v) is 5.01. The fourth-order valence-electron chi connectivity index (χ4n) is 3.41. The Kier molecular flexibility index (Phi) is 5.85. The van der Waals surface area contributed by atoms with Gasteiger partial charge in [-0.3, -0.25) is 14.7 Å². The van der Waals surface area contributed by atoms with Crippen molar-refractivity contribution in [1.82, 2.24) is 14.8 Å². The van der Waals surface area contributed by atoms with Crippen LogP contribution in [0.15, 0.2) is 48.8 Å². The van der Waals surface area contributed by atoms with Crippen LogP contribution in [0, 0.1) is 0 Å². The summed E-state index contributed by atoms with van der Waals surface area (Å²) in [5.41, 5.74) is 8.35. The molecule has 2 aromatic rings. The summed E-state index contributed by atoms with van der Waals surface area (Å²) in [5, 5.41) is 9.81. The minimum Gasteiger partial charge on any atom is -0.397 e. The largest absolute Gasteiger partial charge is 0.397 e. The van der Waals surface area contributed by atoms with E-state index in [1.54, 1.807) is 23.4 Å². The van der Waals surface area contributed by atoms with Crippen LogP contribution >= 0.6 is 0 Å². The van der Waals surface area contributed by atoms with Crippen molar-refractivity contribution in [3.63, 3.8) is 0 Å². The molecule has 0 aliphatic carbocycles. The number of amides is 1. The number of rotatable bonds is 6. The number of aliphatic hydroxyl groups excluding tert-OH is 1. The normalized spacial score (nSPS) is 18.6. The standard InChI is InChI=1S/C20H26N4O2/c1-23(20(26)11-16-7-9-22-12-18(16)21)19(15-5-3-2-4-6-15)14-24-10-8-17(25)13-24/h2-7,9,12,17,19,25H,8,10-11,13-14,21H2,1H3. The lowest BCUT2D eigenvalue weighted by Gasteiger charge is -2.32. The van der Waals surface area contributed by atoms with Crippen LogP contribution in [0.4, 0.5) is 5.69 Å². The summed E-state index contributed by atoms with van der Waals surface area (Å²) in [4.78, 5) is 20.9. The molecular formula is C20H26N4O2. The van der Waals surface area contributed by atoms with Crippen LogP contribution < -0.4 is 5.73 Å². The summed E-state index contributed by atoms with van der Waals surface area (Å²) >= 11 is 0. The highest BCUT2D eigenvalue weighted by atomic mass is 16.3. The molecule has 1 fully saturated rings. The first-order chi connectivity index (χ1) is 12.5. The highest BCUT2D eigenvalue weighted by Crippen LogP contribution is 2.24. The first-order valence-electron chi connectivity index (χ1n) is 8.94. The molecule has 138 valence electrons. The van der Waals surface area contributed by atoms with Crippen molar-refractivity contribution in [2.45, 2.75) is 25.0 Å². The summed E-state index contributed by atoms with van der Waals surface area (Å²) in [6.07, 6.45) is 3.98. The van der Waals surface area contributed by atoms with Gasteiger partial charge < -0.3 is 15.7 Å². The van der Waals surface area contributed by atoms with E-state index in [4.69, 9.17) is 5.73 Å². The van der Waals surface area contributed by atoms with Gasteiger partial charge >= 0.3 is 0 Å². The summed E-state index contributed by atoms with van der Waals surface area (Å²) < 4.78 is 0. The van der Waals surface area contributed by atoms with E-state index in [1.807, 2.05) is 37.4 Å². The van der Waals surface area contributed by atoms with Crippen molar-refractivity contribution in [2.24, 2.45) is 0 Å². The Morgan fingerprint density at radius 2 is 2.15 bits per heavy atom. The smallest absolute Gasteiger partial charge is 0.227 e. The van der Waals surface area contributed by atoms with Crippen LogP contribution in [0.25, 0.3) is 0 Å². The van der Waals surface area contributed by atoms with Crippen molar-refractivity contribution in [3.8, 4) is 0 Å². The van der Waals surface area contributed by atoms with Crippen molar-refractivity contribution >= 4 is 11.6 Å². The van der Waals surface area contributed by atoms with Gasteiger partial charge in [0.2, 0.25) is 5.91 Å². The molecule has 1 aliphatic heterocycles. The SMILES string of the molecule is CN(C(=O)Cc1ccncc1N)C(CN1CCC(O)C1)c1ccccc1. The summed E-state index contributed by atoms with van der Waals surface area (Å²) in [7, 11) is 1.84. The van der Waals surface area contributed by atoms with Crippen molar-refractivity contribution in [1.29, 1.82) is 0 Å². The lowest BCUT2D eigenvalue weighted by molar-refractivity contribution is -0.131. The van der Waals surface area contributed by atoms with Crippen molar-refractivity contribution in [2.75, 3.05) is 32.4 Å². The van der Waals surface area contributed by atoms with E-state index in [9.17, 15) is 9.90 Å². The number of benzene rings is 1. The molecule has 2 heterocycles. The molecular weight excluding hydrogens is 328 g/mol. The predicted molar refractivity (Wildman–Crippen MR) is 101 cm³/mol. The van der Waals surface area contributed by atoms with Gasteiger partial charge in [0.05, 0.1) is 30.5 Å². The molecule has 0 radical (unpaired) electrons. The Balaban J connectivity index is 1.76. The highest BCUT2D eigenvalue weighted by Gasteiger charge is 2.28. The monoisotopic (exact) mass is 354 g/mol. The molecule has 1 amide bonds. The molecule has 1 saturated heterocycles. The van der Waals surface area contributed by atoms with Gasteiger partial charge in [0.1, 0.15) is 0 Å². The molecule has 1 aromatic heterocycles. The van der Waals surface area contributed by atoms with Gasteiger partial charge in [-0.2, -0.15) is 0 Å². The van der Waals surface area contributed by atoms with E-state index >= 15 is 0 Å². The summed E-state index contributed by atoms with van der Waals surface area (Å²) in [6, 6.07) is 11.7. The van der Waals surface area contributed by atoms with Crippen LogP contribution in [0.2, 0.25) is 0 Å². The van der Waals surface area contributed by atoms with Crippen LogP contribution in [0.3, 0.4) is 0 Å². The fourth-order valence-corrected chi connectivity index (χ4v) is 3.41. The zero-order valence-corrected chi connectivity index (χ0v) is 15.1. The number of likely N-dealkylation sites (tertiary alicyclic amines) is 1. The number of nitrogens with two attached hydrogens (primary N) is 1. The Bertz CT molecular complexity index is 738. The second kappa shape index (κ2) is 8.29. The highest BCUT2D eigenvalue weighted by molar-refractivity contribution is 5.80. The van der Waals surface area contributed by atoms with E-state index < -0.39 is 0 Å². The van der Waals surface area contributed by atoms with Gasteiger partial charge in [-0.05, 0) is 23.6 Å². The molecule has 6 heteroatoms. The number of β-amino-alcohol motifs (C(OH)–C–C–N with tert-alkyl or cyclic N) is 1. The van der Waals surface area contributed by atoms with Crippen LogP contribution in [-0.4, -0.2) is 58.6 Å². The Labute approximate surface area is 154 Å². The molecule has 1 aromatic carbocycles. The molecule has 26 heavy (non-hydrogen) atoms. The van der Waals surface area contributed by atoms with E-state index in [2.05, 4.69) is 9.88 Å². The van der Waals surface area contributed by atoms with E-state index in [0.717, 1.165) is 24.1 Å². The molecule has 0 bridgehead atoms. The third kappa shape index (κ3) is 4.39. The Morgan fingerprint density at radius 3 is 2.81 bits per heavy atom. The number of carbonyl (C=O) groups excluding carboxylic acids is 1. The zero-order chi connectivity index (χ0) is 18.5. The maximum absolute atomic E-state index is 12.9. The molecule has 0 saturated carbocycles. The van der Waals surface area contributed by atoms with Gasteiger partial charge in [-0.1, -0.05) is 30.3 Å². The molecule has 3 N–H and O–H groups in total. The maximum atomic E-state index is 12.9. The fraction of sp³-hybridized carbons (Fsp3) is 0.400. The molecule has 2 unspecified atom stereocenters. The number of likely N-dealkylation sites (N-methyl/N-ethyl adjacent to an activating group) is 1. The van der Waals surface area contributed by atoms with Crippen molar-refractivity contribution < 1.29 is 9.90 Å². The minimum absolute atomic E-state index is 0.0106. The summed E-state index contributed by atoms with van der Waals surface area (Å²) in [5.74, 6) is 0.0106. The number of hydrogen-bond donors (Lipinski definition) is 2. The Morgan fingerprint density at radius 1 is 1.38 bits per heavy atom. The predicted octanol–water partition coefficient (Wildman–Crippen LogP) is 1.47. The molecule has 2 atom stereocenters. The van der Waals surface area contributed by atoms with E-state index in [0.29, 0.717) is 18.8 Å². The lowest BCUT2D eigenvalue weighted by atomic mass is 10.0. The van der Waals surface area contributed by atoms with E-state index in [1.165, 1.54) is 0 Å². The number of pyridine rings is 1.